The van der Waals surface area contributed by atoms with E-state index in [4.69, 9.17) is 5.11 Å². The highest BCUT2D eigenvalue weighted by molar-refractivity contribution is 5.10. The molecule has 1 N–H and O–H groups in total. The number of rotatable bonds is 1. The average Bonchev–Trinajstić information content (AvgIpc) is 1.90. The molecule has 2 nitrogen and oxygen atoms in total. The fourth-order valence-corrected chi connectivity index (χ4v) is 0.538. The first-order chi connectivity index (χ1) is 4.33. The number of nitrogens with zero attached hydrogens (tertiary/aromatic N) is 1. The Kier molecular flexibility index (Phi) is 1.80. The van der Waals surface area contributed by atoms with Crippen LogP contribution in [0.3, 0.4) is 0 Å². The summed E-state index contributed by atoms with van der Waals surface area (Å²) in [5.41, 5.74) is 1.66. The summed E-state index contributed by atoms with van der Waals surface area (Å²) in [5, 5.41) is 8.57. The number of pyridine rings is 1. The van der Waals surface area contributed by atoms with Gasteiger partial charge in [0.05, 0.1) is 6.61 Å². The van der Waals surface area contributed by atoms with E-state index in [9.17, 15) is 0 Å². The van der Waals surface area contributed by atoms with Crippen molar-refractivity contribution in [2.45, 2.75) is 13.5 Å². The van der Waals surface area contributed by atoms with Crippen molar-refractivity contribution in [1.82, 2.24) is 4.98 Å². The highest BCUT2D eigenvalue weighted by atomic mass is 16.3. The predicted molar refractivity (Wildman–Crippen MR) is 33.7 cm³/mol. The predicted octanol–water partition coefficient (Wildman–Crippen LogP) is 0.683. The second-order valence-corrected chi connectivity index (χ2v) is 1.87. The van der Waals surface area contributed by atoms with Gasteiger partial charge < -0.3 is 5.11 Å². The van der Waals surface area contributed by atoms with Crippen molar-refractivity contribution in [1.29, 1.82) is 0 Å². The zero-order valence-corrected chi connectivity index (χ0v) is 5.26. The van der Waals surface area contributed by atoms with Crippen LogP contribution in [0.5, 0.6) is 0 Å². The molecule has 47 valence electrons. The fraction of sp³-hybridized carbons (Fsp3) is 0.286. The second-order valence-electron chi connectivity index (χ2n) is 1.87. The van der Waals surface area contributed by atoms with Crippen LogP contribution < -0.4 is 0 Å². The van der Waals surface area contributed by atoms with Crippen molar-refractivity contribution in [2.24, 2.45) is 0 Å². The molecule has 0 spiro atoms. The zero-order valence-electron chi connectivity index (χ0n) is 5.26. The Hall–Kier alpha value is -0.890. The van der Waals surface area contributed by atoms with E-state index < -0.39 is 0 Å². The number of aliphatic hydroxyl groups excluding tert-OH is 1. The van der Waals surface area contributed by atoms with E-state index in [1.54, 1.807) is 12.3 Å². The van der Waals surface area contributed by atoms with Crippen molar-refractivity contribution < 1.29 is 5.11 Å². The lowest BCUT2D eigenvalue weighted by atomic mass is 10.3. The molecule has 1 aromatic rings. The smallest absolute Gasteiger partial charge is 0.0697 e. The minimum atomic E-state index is 0.0454. The van der Waals surface area contributed by atoms with Gasteiger partial charge in [-0.25, -0.2) is 0 Å². The number of hydrogen-bond acceptors (Lipinski definition) is 2. The lowest BCUT2D eigenvalue weighted by Gasteiger charge is -1.92. The molecule has 9 heavy (non-hydrogen) atoms. The quantitative estimate of drug-likeness (QED) is 0.594. The summed E-state index contributed by atoms with van der Waals surface area (Å²) in [6, 6.07) is 4.62. The molecule has 0 amide bonds. The first kappa shape index (κ1) is 6.23. The van der Waals surface area contributed by atoms with Crippen LogP contribution in [0, 0.1) is 13.0 Å². The average molecular weight is 122 g/mol. The molecular formula is C7H8NO. The van der Waals surface area contributed by atoms with Gasteiger partial charge in [0.15, 0.2) is 0 Å². The molecule has 2 heteroatoms. The number of aromatic nitrogens is 1. The van der Waals surface area contributed by atoms with Crippen molar-refractivity contribution in [3.63, 3.8) is 0 Å². The van der Waals surface area contributed by atoms with E-state index >= 15 is 0 Å². The van der Waals surface area contributed by atoms with Crippen LogP contribution in [0.15, 0.2) is 12.3 Å². The topological polar surface area (TPSA) is 33.1 Å². The lowest BCUT2D eigenvalue weighted by Crippen LogP contribution is -1.85. The van der Waals surface area contributed by atoms with Gasteiger partial charge in [0.1, 0.15) is 0 Å². The molecule has 0 atom stereocenters. The Morgan fingerprint density at radius 3 is 3.00 bits per heavy atom. The summed E-state index contributed by atoms with van der Waals surface area (Å²) < 4.78 is 0. The third-order valence-electron chi connectivity index (χ3n) is 1.07. The molecule has 0 aliphatic carbocycles. The van der Waals surface area contributed by atoms with Crippen LogP contribution in [0.4, 0.5) is 0 Å². The summed E-state index contributed by atoms with van der Waals surface area (Å²) in [6.07, 6.45) is 1.64. The summed E-state index contributed by atoms with van der Waals surface area (Å²) in [5.74, 6) is 0. The molecule has 0 saturated carbocycles. The zero-order chi connectivity index (χ0) is 6.69. The van der Waals surface area contributed by atoms with Crippen LogP contribution in [0.1, 0.15) is 11.3 Å². The molecule has 0 bridgehead atoms. The van der Waals surface area contributed by atoms with Gasteiger partial charge in [-0.2, -0.15) is 0 Å². The maximum Gasteiger partial charge on any atom is 0.0697 e. The van der Waals surface area contributed by atoms with Crippen LogP contribution in [-0.4, -0.2) is 10.1 Å². The number of hydrogen-bond donors (Lipinski definition) is 1. The van der Waals surface area contributed by atoms with Gasteiger partial charge >= 0.3 is 0 Å². The SMILES string of the molecule is Cc1[c]cc(CO)cn1. The molecule has 0 unspecified atom stereocenters. The minimum Gasteiger partial charge on any atom is -0.392 e. The largest absolute Gasteiger partial charge is 0.392 e. The normalized spacial score (nSPS) is 9.56. The molecule has 0 saturated heterocycles. The Balaban J connectivity index is 2.88. The van der Waals surface area contributed by atoms with Crippen molar-refractivity contribution >= 4 is 0 Å². The highest BCUT2D eigenvalue weighted by Crippen LogP contribution is 1.96. The summed E-state index contributed by atoms with van der Waals surface area (Å²) in [7, 11) is 0. The van der Waals surface area contributed by atoms with Crippen molar-refractivity contribution in [3.05, 3.63) is 29.6 Å². The van der Waals surface area contributed by atoms with Gasteiger partial charge in [0.25, 0.3) is 0 Å². The molecule has 1 rings (SSSR count). The van der Waals surface area contributed by atoms with Crippen molar-refractivity contribution in [3.8, 4) is 0 Å². The summed E-state index contributed by atoms with van der Waals surface area (Å²) in [6.45, 7) is 1.91. The van der Waals surface area contributed by atoms with E-state index in [1.807, 2.05) is 6.92 Å². The summed E-state index contributed by atoms with van der Waals surface area (Å²) in [4.78, 5) is 3.93. The monoisotopic (exact) mass is 122 g/mol. The first-order valence-corrected chi connectivity index (χ1v) is 2.77. The van der Waals surface area contributed by atoms with E-state index in [0.717, 1.165) is 11.3 Å². The molecular weight excluding hydrogens is 114 g/mol. The van der Waals surface area contributed by atoms with Gasteiger partial charge in [-0.15, -0.1) is 0 Å². The molecule has 1 radical (unpaired) electrons. The first-order valence-electron chi connectivity index (χ1n) is 2.77. The van der Waals surface area contributed by atoms with Gasteiger partial charge in [0, 0.05) is 18.0 Å². The van der Waals surface area contributed by atoms with Crippen molar-refractivity contribution in [2.75, 3.05) is 0 Å². The molecule has 0 aliphatic rings. The third kappa shape index (κ3) is 1.50. The number of aryl methyl sites for hydroxylation is 1. The highest BCUT2D eigenvalue weighted by Gasteiger charge is 1.87. The fourth-order valence-electron chi connectivity index (χ4n) is 0.538. The van der Waals surface area contributed by atoms with Crippen LogP contribution in [-0.2, 0) is 6.61 Å². The second kappa shape index (κ2) is 2.60. The Labute approximate surface area is 54.2 Å². The molecule has 1 aromatic heterocycles. The summed E-state index contributed by atoms with van der Waals surface area (Å²) >= 11 is 0. The maximum absolute atomic E-state index is 8.57. The standard InChI is InChI=1S/C7H8NO/c1-6-2-3-7(5-9)4-8-6/h3-4,9H,5H2,1H3. The number of aliphatic hydroxyl groups is 1. The molecule has 1 heterocycles. The Morgan fingerprint density at radius 1 is 1.78 bits per heavy atom. The van der Waals surface area contributed by atoms with Crippen LogP contribution in [0.25, 0.3) is 0 Å². The van der Waals surface area contributed by atoms with E-state index in [-0.39, 0.29) is 6.61 Å². The van der Waals surface area contributed by atoms with Gasteiger partial charge in [-0.3, -0.25) is 4.98 Å². The minimum absolute atomic E-state index is 0.0454. The van der Waals surface area contributed by atoms with Gasteiger partial charge in [-0.05, 0) is 18.6 Å². The van der Waals surface area contributed by atoms with Crippen LogP contribution in [0.2, 0.25) is 0 Å². The molecule has 0 fully saturated rings. The van der Waals surface area contributed by atoms with E-state index in [0.29, 0.717) is 0 Å². The Morgan fingerprint density at radius 2 is 2.56 bits per heavy atom. The van der Waals surface area contributed by atoms with E-state index in [2.05, 4.69) is 11.1 Å². The van der Waals surface area contributed by atoms with Gasteiger partial charge in [0.2, 0.25) is 0 Å². The lowest BCUT2D eigenvalue weighted by molar-refractivity contribution is 0.281. The van der Waals surface area contributed by atoms with Crippen LogP contribution >= 0.6 is 0 Å². The maximum atomic E-state index is 8.57. The molecule has 0 aromatic carbocycles. The molecule has 0 aliphatic heterocycles. The Bertz CT molecular complexity index is 181. The van der Waals surface area contributed by atoms with E-state index in [1.165, 1.54) is 0 Å². The third-order valence-corrected chi connectivity index (χ3v) is 1.07. The van der Waals surface area contributed by atoms with Gasteiger partial charge in [-0.1, -0.05) is 0 Å².